The average molecular weight is 285 g/mol. The SMILES string of the molecule is CCn1c(=O)c2[nH]c(CCl)nc2n(CC(C)C)c1=O. The predicted molar refractivity (Wildman–Crippen MR) is 74.7 cm³/mol. The smallest absolute Gasteiger partial charge is 0.332 e. The van der Waals surface area contributed by atoms with E-state index in [0.717, 1.165) is 0 Å². The Morgan fingerprint density at radius 3 is 2.53 bits per heavy atom. The second-order valence-corrected chi connectivity index (χ2v) is 5.12. The van der Waals surface area contributed by atoms with Gasteiger partial charge in [-0.3, -0.25) is 13.9 Å². The largest absolute Gasteiger partial charge is 0.335 e. The van der Waals surface area contributed by atoms with Gasteiger partial charge >= 0.3 is 5.69 Å². The van der Waals surface area contributed by atoms with Crippen LogP contribution in [0.1, 0.15) is 26.6 Å². The van der Waals surface area contributed by atoms with Gasteiger partial charge in [-0.2, -0.15) is 0 Å². The molecular weight excluding hydrogens is 268 g/mol. The van der Waals surface area contributed by atoms with Crippen LogP contribution in [0.15, 0.2) is 9.59 Å². The number of rotatable bonds is 4. The molecule has 0 bridgehead atoms. The number of aromatic amines is 1. The molecule has 6 nitrogen and oxygen atoms in total. The molecule has 0 amide bonds. The van der Waals surface area contributed by atoms with Crippen LogP contribution in [0.25, 0.3) is 11.2 Å². The highest BCUT2D eigenvalue weighted by atomic mass is 35.5. The summed E-state index contributed by atoms with van der Waals surface area (Å²) in [5.41, 5.74) is 0.0782. The number of hydrogen-bond acceptors (Lipinski definition) is 3. The lowest BCUT2D eigenvalue weighted by atomic mass is 10.2. The van der Waals surface area contributed by atoms with E-state index in [9.17, 15) is 9.59 Å². The van der Waals surface area contributed by atoms with E-state index in [1.165, 1.54) is 9.13 Å². The second-order valence-electron chi connectivity index (χ2n) is 4.85. The number of alkyl halides is 1. The van der Waals surface area contributed by atoms with Crippen LogP contribution >= 0.6 is 11.6 Å². The number of hydrogen-bond donors (Lipinski definition) is 1. The number of fused-ring (bicyclic) bond motifs is 1. The third kappa shape index (κ3) is 2.32. The van der Waals surface area contributed by atoms with Gasteiger partial charge in [-0.05, 0) is 12.8 Å². The molecule has 2 aromatic heterocycles. The molecule has 0 aliphatic carbocycles. The van der Waals surface area contributed by atoms with Crippen molar-refractivity contribution in [3.05, 3.63) is 26.7 Å². The molecule has 2 heterocycles. The van der Waals surface area contributed by atoms with Crippen molar-refractivity contribution in [2.24, 2.45) is 5.92 Å². The number of nitrogens with zero attached hydrogens (tertiary/aromatic N) is 3. The lowest BCUT2D eigenvalue weighted by Crippen LogP contribution is -2.40. The third-order valence-corrected chi connectivity index (χ3v) is 3.15. The minimum Gasteiger partial charge on any atom is -0.335 e. The number of aromatic nitrogens is 4. The fraction of sp³-hybridized carbons (Fsp3) is 0.583. The van der Waals surface area contributed by atoms with Crippen molar-refractivity contribution in [2.75, 3.05) is 0 Å². The molecule has 2 rings (SSSR count). The van der Waals surface area contributed by atoms with Gasteiger partial charge in [-0.25, -0.2) is 9.78 Å². The molecule has 0 spiro atoms. The van der Waals surface area contributed by atoms with Gasteiger partial charge in [0.1, 0.15) is 11.3 Å². The van der Waals surface area contributed by atoms with Crippen LogP contribution in [-0.2, 0) is 19.0 Å². The van der Waals surface area contributed by atoms with Crippen molar-refractivity contribution in [3.8, 4) is 0 Å². The first kappa shape index (κ1) is 13.9. The van der Waals surface area contributed by atoms with E-state index in [0.29, 0.717) is 30.1 Å². The molecule has 1 N–H and O–H groups in total. The highest BCUT2D eigenvalue weighted by Gasteiger charge is 2.16. The molecule has 0 fully saturated rings. The molecular formula is C12H17ClN4O2. The van der Waals surface area contributed by atoms with E-state index in [2.05, 4.69) is 9.97 Å². The summed E-state index contributed by atoms with van der Waals surface area (Å²) >= 11 is 5.73. The maximum Gasteiger partial charge on any atom is 0.332 e. The molecule has 0 aromatic carbocycles. The first-order valence-electron chi connectivity index (χ1n) is 6.27. The molecule has 0 atom stereocenters. The summed E-state index contributed by atoms with van der Waals surface area (Å²) in [4.78, 5) is 31.6. The lowest BCUT2D eigenvalue weighted by Gasteiger charge is -2.11. The third-order valence-electron chi connectivity index (χ3n) is 2.90. The van der Waals surface area contributed by atoms with Gasteiger partial charge in [0.25, 0.3) is 5.56 Å². The first-order chi connectivity index (χ1) is 8.99. The topological polar surface area (TPSA) is 72.7 Å². The van der Waals surface area contributed by atoms with Gasteiger partial charge in [0.15, 0.2) is 5.65 Å². The van der Waals surface area contributed by atoms with Crippen LogP contribution in [0.3, 0.4) is 0 Å². The fourth-order valence-electron chi connectivity index (χ4n) is 2.09. The fourth-order valence-corrected chi connectivity index (χ4v) is 2.21. The Bertz CT molecular complexity index is 711. The van der Waals surface area contributed by atoms with Gasteiger partial charge in [0.2, 0.25) is 0 Å². The molecule has 0 saturated carbocycles. The molecule has 0 aliphatic heterocycles. The van der Waals surface area contributed by atoms with E-state index in [-0.39, 0.29) is 23.0 Å². The number of imidazole rings is 1. The Morgan fingerprint density at radius 2 is 2.00 bits per heavy atom. The number of nitrogens with one attached hydrogen (secondary N) is 1. The predicted octanol–water partition coefficient (Wildman–Crippen LogP) is 1.30. The van der Waals surface area contributed by atoms with Crippen LogP contribution in [0.5, 0.6) is 0 Å². The summed E-state index contributed by atoms with van der Waals surface area (Å²) in [6.07, 6.45) is 0. The second kappa shape index (κ2) is 5.21. The quantitative estimate of drug-likeness (QED) is 0.860. The average Bonchev–Trinajstić information content (AvgIpc) is 2.79. The van der Waals surface area contributed by atoms with Crippen molar-refractivity contribution in [2.45, 2.75) is 39.7 Å². The Morgan fingerprint density at radius 1 is 1.32 bits per heavy atom. The van der Waals surface area contributed by atoms with Gasteiger partial charge in [-0.1, -0.05) is 13.8 Å². The Balaban J connectivity index is 2.87. The van der Waals surface area contributed by atoms with E-state index >= 15 is 0 Å². The van der Waals surface area contributed by atoms with Crippen LogP contribution in [-0.4, -0.2) is 19.1 Å². The van der Waals surface area contributed by atoms with E-state index in [1.807, 2.05) is 13.8 Å². The zero-order chi connectivity index (χ0) is 14.2. The maximum atomic E-state index is 12.3. The first-order valence-corrected chi connectivity index (χ1v) is 6.81. The minimum absolute atomic E-state index is 0.177. The van der Waals surface area contributed by atoms with Crippen LogP contribution in [0.2, 0.25) is 0 Å². The monoisotopic (exact) mass is 284 g/mol. The highest BCUT2D eigenvalue weighted by molar-refractivity contribution is 6.16. The van der Waals surface area contributed by atoms with Crippen molar-refractivity contribution in [3.63, 3.8) is 0 Å². The summed E-state index contributed by atoms with van der Waals surface area (Å²) in [5.74, 6) is 0.954. The minimum atomic E-state index is -0.341. The molecule has 7 heteroatoms. The van der Waals surface area contributed by atoms with Gasteiger partial charge in [0.05, 0.1) is 5.88 Å². The van der Waals surface area contributed by atoms with Crippen molar-refractivity contribution in [1.82, 2.24) is 19.1 Å². The maximum absolute atomic E-state index is 12.3. The Kier molecular flexibility index (Phi) is 3.80. The van der Waals surface area contributed by atoms with E-state index in [1.54, 1.807) is 6.92 Å². The zero-order valence-corrected chi connectivity index (χ0v) is 12.0. The normalized spacial score (nSPS) is 11.6. The van der Waals surface area contributed by atoms with E-state index in [4.69, 9.17) is 11.6 Å². The van der Waals surface area contributed by atoms with Crippen LogP contribution in [0.4, 0.5) is 0 Å². The highest BCUT2D eigenvalue weighted by Crippen LogP contribution is 2.09. The Hall–Kier alpha value is -1.56. The molecule has 104 valence electrons. The van der Waals surface area contributed by atoms with Crippen molar-refractivity contribution in [1.29, 1.82) is 0 Å². The zero-order valence-electron chi connectivity index (χ0n) is 11.2. The summed E-state index contributed by atoms with van der Waals surface area (Å²) in [5, 5.41) is 0. The molecule has 0 radical (unpaired) electrons. The molecule has 0 aliphatic rings. The van der Waals surface area contributed by atoms with E-state index < -0.39 is 0 Å². The molecule has 0 saturated heterocycles. The summed E-state index contributed by atoms with van der Waals surface area (Å²) in [6.45, 7) is 6.64. The Labute approximate surface area is 115 Å². The lowest BCUT2D eigenvalue weighted by molar-refractivity contribution is 0.491. The molecule has 19 heavy (non-hydrogen) atoms. The van der Waals surface area contributed by atoms with Crippen LogP contribution in [0, 0.1) is 5.92 Å². The number of H-pyrrole nitrogens is 1. The van der Waals surface area contributed by atoms with Gasteiger partial charge < -0.3 is 4.98 Å². The van der Waals surface area contributed by atoms with Gasteiger partial charge in [-0.15, -0.1) is 11.6 Å². The van der Waals surface area contributed by atoms with Crippen LogP contribution < -0.4 is 11.2 Å². The van der Waals surface area contributed by atoms with Crippen molar-refractivity contribution >= 4 is 22.8 Å². The summed E-state index contributed by atoms with van der Waals surface area (Å²) < 4.78 is 2.75. The standard InChI is InChI=1S/C12H17ClN4O2/c1-4-16-11(18)9-10(15-8(5-13)14-9)17(12(16)19)6-7(2)3/h7H,4-6H2,1-3H3,(H,14,15). The van der Waals surface area contributed by atoms with Crippen molar-refractivity contribution < 1.29 is 0 Å². The summed E-state index contributed by atoms with van der Waals surface area (Å²) in [6, 6.07) is 0. The molecule has 0 unspecified atom stereocenters. The molecule has 2 aromatic rings. The van der Waals surface area contributed by atoms with Gasteiger partial charge in [0, 0.05) is 13.1 Å². The number of halogens is 1. The summed E-state index contributed by atoms with van der Waals surface area (Å²) in [7, 11) is 0.